The average molecular weight is 212 g/mol. The van der Waals surface area contributed by atoms with Crippen LogP contribution in [-0.4, -0.2) is 12.6 Å². The van der Waals surface area contributed by atoms with Crippen molar-refractivity contribution in [2.24, 2.45) is 5.92 Å². The van der Waals surface area contributed by atoms with Gasteiger partial charge in [0.25, 0.3) is 0 Å². The number of ether oxygens (including phenoxy) is 1. The fraction of sp³-hybridized carbons (Fsp3) is 0.769. The van der Waals surface area contributed by atoms with E-state index < -0.39 is 0 Å². The van der Waals surface area contributed by atoms with Crippen LogP contribution in [0.1, 0.15) is 52.4 Å². The molecule has 0 amide bonds. The van der Waals surface area contributed by atoms with E-state index in [-0.39, 0.29) is 11.9 Å². The van der Waals surface area contributed by atoms with Gasteiger partial charge in [-0.2, -0.15) is 0 Å². The molecule has 0 aliphatic carbocycles. The second-order valence-electron chi connectivity index (χ2n) is 3.87. The van der Waals surface area contributed by atoms with E-state index in [1.54, 1.807) is 0 Å². The van der Waals surface area contributed by atoms with Crippen LogP contribution in [0.15, 0.2) is 12.7 Å². The molecular weight excluding hydrogens is 188 g/mol. The van der Waals surface area contributed by atoms with E-state index in [1.165, 1.54) is 0 Å². The summed E-state index contributed by atoms with van der Waals surface area (Å²) in [6.45, 7) is 8.38. The van der Waals surface area contributed by atoms with Gasteiger partial charge in [0.05, 0.1) is 12.5 Å². The Balaban J connectivity index is 3.75. The number of hydrogen-bond donors (Lipinski definition) is 0. The first-order valence-corrected chi connectivity index (χ1v) is 6.03. The van der Waals surface area contributed by atoms with Crippen molar-refractivity contribution in [2.45, 2.75) is 52.4 Å². The molecule has 88 valence electrons. The van der Waals surface area contributed by atoms with Gasteiger partial charge >= 0.3 is 5.97 Å². The highest BCUT2D eigenvalue weighted by Gasteiger charge is 2.17. The Labute approximate surface area is 93.7 Å². The summed E-state index contributed by atoms with van der Waals surface area (Å²) in [6.07, 6.45) is 7.66. The molecule has 0 saturated carbocycles. The fourth-order valence-corrected chi connectivity index (χ4v) is 1.60. The number of carbonyl (C=O) groups is 1. The maximum Gasteiger partial charge on any atom is 0.308 e. The van der Waals surface area contributed by atoms with Crippen LogP contribution in [0.2, 0.25) is 0 Å². The van der Waals surface area contributed by atoms with E-state index >= 15 is 0 Å². The summed E-state index contributed by atoms with van der Waals surface area (Å²) in [5, 5.41) is 0. The lowest BCUT2D eigenvalue weighted by Gasteiger charge is -2.13. The number of esters is 1. The zero-order valence-corrected chi connectivity index (χ0v) is 10.1. The highest BCUT2D eigenvalue weighted by atomic mass is 16.5. The minimum atomic E-state index is -0.0113. The van der Waals surface area contributed by atoms with Gasteiger partial charge in [0, 0.05) is 0 Å². The fourth-order valence-electron chi connectivity index (χ4n) is 1.60. The van der Waals surface area contributed by atoms with Crippen molar-refractivity contribution >= 4 is 5.97 Å². The molecule has 0 fully saturated rings. The second-order valence-corrected chi connectivity index (χ2v) is 3.87. The van der Waals surface area contributed by atoms with Gasteiger partial charge in [-0.3, -0.25) is 4.79 Å². The van der Waals surface area contributed by atoms with Gasteiger partial charge in [0.2, 0.25) is 0 Å². The standard InChI is InChI=1S/C13H24O2/c1-4-7-8-11-15-13(14)12(9-5-2)10-6-3/h4,12H,1,5-11H2,2-3H3. The summed E-state index contributed by atoms with van der Waals surface area (Å²) >= 11 is 0. The van der Waals surface area contributed by atoms with Crippen molar-refractivity contribution in [2.75, 3.05) is 6.61 Å². The first-order chi connectivity index (χ1) is 7.26. The molecule has 0 aromatic heterocycles. The van der Waals surface area contributed by atoms with Gasteiger partial charge in [-0.25, -0.2) is 0 Å². The molecule has 0 spiro atoms. The maximum absolute atomic E-state index is 11.6. The number of carbonyl (C=O) groups excluding carboxylic acids is 1. The van der Waals surface area contributed by atoms with E-state index in [9.17, 15) is 4.79 Å². The van der Waals surface area contributed by atoms with Gasteiger partial charge in [-0.1, -0.05) is 32.8 Å². The Hall–Kier alpha value is -0.790. The van der Waals surface area contributed by atoms with Gasteiger partial charge in [-0.15, -0.1) is 6.58 Å². The molecule has 0 aromatic carbocycles. The molecule has 0 unspecified atom stereocenters. The molecule has 0 heterocycles. The molecule has 15 heavy (non-hydrogen) atoms. The number of hydrogen-bond acceptors (Lipinski definition) is 2. The Morgan fingerprint density at radius 3 is 2.40 bits per heavy atom. The first-order valence-electron chi connectivity index (χ1n) is 6.03. The van der Waals surface area contributed by atoms with E-state index in [0.717, 1.165) is 38.5 Å². The summed E-state index contributed by atoms with van der Waals surface area (Å²) in [7, 11) is 0. The van der Waals surface area contributed by atoms with Crippen LogP contribution in [-0.2, 0) is 9.53 Å². The summed E-state index contributed by atoms with van der Waals surface area (Å²) in [4.78, 5) is 11.6. The highest BCUT2D eigenvalue weighted by molar-refractivity contribution is 5.72. The Bertz CT molecular complexity index is 169. The third-order valence-corrected chi connectivity index (χ3v) is 2.40. The Morgan fingerprint density at radius 1 is 1.33 bits per heavy atom. The van der Waals surface area contributed by atoms with E-state index in [4.69, 9.17) is 4.74 Å². The van der Waals surface area contributed by atoms with Crippen LogP contribution in [0.3, 0.4) is 0 Å². The molecule has 0 bridgehead atoms. The van der Waals surface area contributed by atoms with Crippen molar-refractivity contribution in [3.05, 3.63) is 12.7 Å². The molecule has 0 N–H and O–H groups in total. The van der Waals surface area contributed by atoms with Crippen LogP contribution < -0.4 is 0 Å². The quantitative estimate of drug-likeness (QED) is 0.331. The lowest BCUT2D eigenvalue weighted by Crippen LogP contribution is -2.18. The van der Waals surface area contributed by atoms with Crippen LogP contribution >= 0.6 is 0 Å². The Morgan fingerprint density at radius 2 is 1.93 bits per heavy atom. The summed E-state index contributed by atoms with van der Waals surface area (Å²) in [5.74, 6) is 0.103. The van der Waals surface area contributed by atoms with E-state index in [0.29, 0.717) is 6.61 Å². The number of rotatable bonds is 9. The van der Waals surface area contributed by atoms with Crippen LogP contribution in [0.4, 0.5) is 0 Å². The molecular formula is C13H24O2. The van der Waals surface area contributed by atoms with Crippen molar-refractivity contribution in [1.82, 2.24) is 0 Å². The third kappa shape index (κ3) is 7.18. The number of allylic oxidation sites excluding steroid dienone is 1. The topological polar surface area (TPSA) is 26.3 Å². The van der Waals surface area contributed by atoms with E-state index in [2.05, 4.69) is 20.4 Å². The van der Waals surface area contributed by atoms with Gasteiger partial charge in [0.1, 0.15) is 0 Å². The van der Waals surface area contributed by atoms with Crippen LogP contribution in [0, 0.1) is 5.92 Å². The van der Waals surface area contributed by atoms with Crippen molar-refractivity contribution in [1.29, 1.82) is 0 Å². The predicted molar refractivity (Wildman–Crippen MR) is 63.7 cm³/mol. The highest BCUT2D eigenvalue weighted by Crippen LogP contribution is 2.15. The molecule has 2 heteroatoms. The first kappa shape index (κ1) is 14.2. The van der Waals surface area contributed by atoms with Crippen molar-refractivity contribution in [3.63, 3.8) is 0 Å². The van der Waals surface area contributed by atoms with Gasteiger partial charge in [0.15, 0.2) is 0 Å². The lowest BCUT2D eigenvalue weighted by atomic mass is 9.99. The van der Waals surface area contributed by atoms with E-state index in [1.807, 2.05) is 6.08 Å². The minimum absolute atomic E-state index is 0.0113. The summed E-state index contributed by atoms with van der Waals surface area (Å²) in [6, 6.07) is 0. The van der Waals surface area contributed by atoms with Gasteiger partial charge in [-0.05, 0) is 25.7 Å². The molecule has 0 radical (unpaired) electrons. The summed E-state index contributed by atoms with van der Waals surface area (Å²) < 4.78 is 5.22. The predicted octanol–water partition coefficient (Wildman–Crippen LogP) is 3.71. The largest absolute Gasteiger partial charge is 0.465 e. The summed E-state index contributed by atoms with van der Waals surface area (Å²) in [5.41, 5.74) is 0. The molecule has 2 nitrogen and oxygen atoms in total. The van der Waals surface area contributed by atoms with Crippen molar-refractivity contribution in [3.8, 4) is 0 Å². The number of unbranched alkanes of at least 4 members (excludes halogenated alkanes) is 1. The minimum Gasteiger partial charge on any atom is -0.465 e. The zero-order valence-electron chi connectivity index (χ0n) is 10.1. The molecule has 0 saturated heterocycles. The third-order valence-electron chi connectivity index (χ3n) is 2.40. The van der Waals surface area contributed by atoms with Crippen LogP contribution in [0.25, 0.3) is 0 Å². The maximum atomic E-state index is 11.6. The second kappa shape index (κ2) is 9.75. The molecule has 0 aliphatic rings. The normalized spacial score (nSPS) is 10.3. The zero-order chi connectivity index (χ0) is 11.5. The lowest BCUT2D eigenvalue weighted by molar-refractivity contribution is -0.149. The molecule has 0 aliphatic heterocycles. The molecule has 0 rings (SSSR count). The smallest absolute Gasteiger partial charge is 0.308 e. The molecule has 0 atom stereocenters. The van der Waals surface area contributed by atoms with Crippen LogP contribution in [0.5, 0.6) is 0 Å². The average Bonchev–Trinajstić information content (AvgIpc) is 2.24. The van der Waals surface area contributed by atoms with Gasteiger partial charge < -0.3 is 4.74 Å². The SMILES string of the molecule is C=CCCCOC(=O)C(CCC)CCC. The molecule has 0 aromatic rings. The Kier molecular flexibility index (Phi) is 9.24. The monoisotopic (exact) mass is 212 g/mol. The van der Waals surface area contributed by atoms with Crippen molar-refractivity contribution < 1.29 is 9.53 Å².